The van der Waals surface area contributed by atoms with Gasteiger partial charge in [0.2, 0.25) is 0 Å². The minimum atomic E-state index is 0.174. The van der Waals surface area contributed by atoms with Gasteiger partial charge in [0.15, 0.2) is 0 Å². The Morgan fingerprint density at radius 1 is 0.857 bits per heavy atom. The molecule has 21 heavy (non-hydrogen) atoms. The number of rotatable bonds is 14. The van der Waals surface area contributed by atoms with Crippen molar-refractivity contribution in [3.63, 3.8) is 0 Å². The maximum atomic E-state index is 5.94. The lowest BCUT2D eigenvalue weighted by atomic mass is 9.80. The van der Waals surface area contributed by atoms with Crippen LogP contribution in [0.1, 0.15) is 52.4 Å². The van der Waals surface area contributed by atoms with Crippen LogP contribution in [0, 0.1) is 5.41 Å². The summed E-state index contributed by atoms with van der Waals surface area (Å²) in [5, 5.41) is 0. The fraction of sp³-hybridized carbons (Fsp3) is 1.00. The highest BCUT2D eigenvalue weighted by atomic mass is 16.6. The van der Waals surface area contributed by atoms with E-state index in [0.29, 0.717) is 12.2 Å². The molecule has 4 heteroatoms. The van der Waals surface area contributed by atoms with Gasteiger partial charge in [-0.2, -0.15) is 0 Å². The summed E-state index contributed by atoms with van der Waals surface area (Å²) in [6, 6.07) is 0. The van der Waals surface area contributed by atoms with Crippen LogP contribution in [-0.2, 0) is 18.9 Å². The van der Waals surface area contributed by atoms with Crippen LogP contribution in [0.15, 0.2) is 0 Å². The Morgan fingerprint density at radius 2 is 1.43 bits per heavy atom. The van der Waals surface area contributed by atoms with Crippen molar-refractivity contribution in [2.45, 2.75) is 64.6 Å². The van der Waals surface area contributed by atoms with Crippen LogP contribution in [0.25, 0.3) is 0 Å². The zero-order chi connectivity index (χ0) is 15.0. The molecule has 0 aromatic heterocycles. The zero-order valence-electron chi connectivity index (χ0n) is 13.8. The lowest BCUT2D eigenvalue weighted by Crippen LogP contribution is -2.34. The van der Waals surface area contributed by atoms with E-state index in [1.807, 2.05) is 0 Å². The standard InChI is InChI=1S/C17H32O4/c1-3-5-6-8-17(7-4-2,13-18-9-15-11-20-15)14-19-10-16-12-21-16/h15-16H,3-14H2,1-2H3. The SMILES string of the molecule is CCCCCC(CCC)(COCC1CO1)COCC1CO1. The van der Waals surface area contributed by atoms with Gasteiger partial charge >= 0.3 is 0 Å². The molecule has 2 atom stereocenters. The molecular formula is C17H32O4. The van der Waals surface area contributed by atoms with Crippen LogP contribution in [0.4, 0.5) is 0 Å². The van der Waals surface area contributed by atoms with E-state index in [1.54, 1.807) is 0 Å². The molecule has 0 aromatic rings. The monoisotopic (exact) mass is 300 g/mol. The lowest BCUT2D eigenvalue weighted by Gasteiger charge is -2.33. The summed E-state index contributed by atoms with van der Waals surface area (Å²) in [7, 11) is 0. The van der Waals surface area contributed by atoms with E-state index in [2.05, 4.69) is 13.8 Å². The van der Waals surface area contributed by atoms with Crippen molar-refractivity contribution in [1.82, 2.24) is 0 Å². The van der Waals surface area contributed by atoms with Crippen LogP contribution in [0.2, 0.25) is 0 Å². The molecule has 2 saturated heterocycles. The van der Waals surface area contributed by atoms with Gasteiger partial charge in [-0.05, 0) is 12.8 Å². The van der Waals surface area contributed by atoms with Gasteiger partial charge in [-0.1, -0.05) is 39.5 Å². The Bertz CT molecular complexity index is 256. The highest BCUT2D eigenvalue weighted by Crippen LogP contribution is 2.32. The van der Waals surface area contributed by atoms with Crippen molar-refractivity contribution in [3.05, 3.63) is 0 Å². The third-order valence-electron chi connectivity index (χ3n) is 4.32. The Labute approximate surface area is 129 Å². The molecule has 0 bridgehead atoms. The molecule has 2 aliphatic rings. The first-order chi connectivity index (χ1) is 10.3. The topological polar surface area (TPSA) is 43.5 Å². The third-order valence-corrected chi connectivity index (χ3v) is 4.32. The molecule has 0 spiro atoms. The van der Waals surface area contributed by atoms with Crippen LogP contribution >= 0.6 is 0 Å². The van der Waals surface area contributed by atoms with Gasteiger partial charge in [0.1, 0.15) is 12.2 Å². The van der Waals surface area contributed by atoms with Gasteiger partial charge in [0.25, 0.3) is 0 Å². The first kappa shape index (κ1) is 17.2. The number of hydrogen-bond acceptors (Lipinski definition) is 4. The van der Waals surface area contributed by atoms with Gasteiger partial charge in [-0.3, -0.25) is 0 Å². The molecule has 2 aliphatic heterocycles. The fourth-order valence-corrected chi connectivity index (χ4v) is 2.88. The Kier molecular flexibility index (Phi) is 7.44. The normalized spacial score (nSPS) is 26.6. The van der Waals surface area contributed by atoms with Crippen molar-refractivity contribution in [2.75, 3.05) is 39.6 Å². The molecule has 2 fully saturated rings. The van der Waals surface area contributed by atoms with E-state index in [4.69, 9.17) is 18.9 Å². The Balaban J connectivity index is 1.77. The highest BCUT2D eigenvalue weighted by Gasteiger charge is 2.32. The summed E-state index contributed by atoms with van der Waals surface area (Å²) in [6.07, 6.45) is 8.07. The molecule has 0 amide bonds. The zero-order valence-corrected chi connectivity index (χ0v) is 13.8. The quantitative estimate of drug-likeness (QED) is 0.365. The predicted octanol–water partition coefficient (Wildman–Crippen LogP) is 3.18. The number of ether oxygens (including phenoxy) is 4. The van der Waals surface area contributed by atoms with Crippen LogP contribution in [0.3, 0.4) is 0 Å². The van der Waals surface area contributed by atoms with Gasteiger partial charge in [0.05, 0.1) is 39.6 Å². The van der Waals surface area contributed by atoms with Crippen molar-refractivity contribution < 1.29 is 18.9 Å². The molecule has 4 nitrogen and oxygen atoms in total. The summed E-state index contributed by atoms with van der Waals surface area (Å²) in [5.74, 6) is 0. The van der Waals surface area contributed by atoms with Gasteiger partial charge in [-0.25, -0.2) is 0 Å². The highest BCUT2D eigenvalue weighted by molar-refractivity contribution is 4.81. The van der Waals surface area contributed by atoms with E-state index >= 15 is 0 Å². The van der Waals surface area contributed by atoms with E-state index in [1.165, 1.54) is 38.5 Å². The van der Waals surface area contributed by atoms with Gasteiger partial charge in [-0.15, -0.1) is 0 Å². The van der Waals surface area contributed by atoms with Gasteiger partial charge in [0, 0.05) is 5.41 Å². The average molecular weight is 300 g/mol. The van der Waals surface area contributed by atoms with Crippen molar-refractivity contribution in [2.24, 2.45) is 5.41 Å². The Morgan fingerprint density at radius 3 is 1.86 bits per heavy atom. The van der Waals surface area contributed by atoms with Crippen molar-refractivity contribution in [3.8, 4) is 0 Å². The van der Waals surface area contributed by atoms with E-state index in [-0.39, 0.29) is 5.41 Å². The smallest absolute Gasteiger partial charge is 0.104 e. The van der Waals surface area contributed by atoms with Crippen molar-refractivity contribution in [1.29, 1.82) is 0 Å². The molecular weight excluding hydrogens is 268 g/mol. The van der Waals surface area contributed by atoms with Crippen LogP contribution in [-0.4, -0.2) is 51.8 Å². The first-order valence-electron chi connectivity index (χ1n) is 8.66. The fourth-order valence-electron chi connectivity index (χ4n) is 2.88. The molecule has 2 rings (SSSR count). The minimum Gasteiger partial charge on any atom is -0.378 e. The summed E-state index contributed by atoms with van der Waals surface area (Å²) in [4.78, 5) is 0. The molecule has 0 aromatic carbocycles. The molecule has 0 aliphatic carbocycles. The summed E-state index contributed by atoms with van der Waals surface area (Å²) in [6.45, 7) is 9.33. The second-order valence-electron chi connectivity index (χ2n) is 6.65. The maximum absolute atomic E-state index is 5.94. The third kappa shape index (κ3) is 7.09. The molecule has 0 radical (unpaired) electrons. The molecule has 2 unspecified atom stereocenters. The maximum Gasteiger partial charge on any atom is 0.104 e. The summed E-state index contributed by atoms with van der Waals surface area (Å²) < 4.78 is 22.3. The predicted molar refractivity (Wildman–Crippen MR) is 82.6 cm³/mol. The van der Waals surface area contributed by atoms with E-state index in [0.717, 1.165) is 39.6 Å². The first-order valence-corrected chi connectivity index (χ1v) is 8.66. The van der Waals surface area contributed by atoms with Gasteiger partial charge < -0.3 is 18.9 Å². The minimum absolute atomic E-state index is 0.174. The van der Waals surface area contributed by atoms with Crippen LogP contribution < -0.4 is 0 Å². The molecule has 0 N–H and O–H groups in total. The molecule has 2 heterocycles. The van der Waals surface area contributed by atoms with E-state index in [9.17, 15) is 0 Å². The Hall–Kier alpha value is -0.160. The number of hydrogen-bond donors (Lipinski definition) is 0. The second-order valence-corrected chi connectivity index (χ2v) is 6.65. The number of epoxide rings is 2. The number of unbranched alkanes of at least 4 members (excludes halogenated alkanes) is 2. The van der Waals surface area contributed by atoms with Crippen molar-refractivity contribution >= 4 is 0 Å². The lowest BCUT2D eigenvalue weighted by molar-refractivity contribution is -0.0391. The molecule has 124 valence electrons. The van der Waals surface area contributed by atoms with Crippen LogP contribution in [0.5, 0.6) is 0 Å². The summed E-state index contributed by atoms with van der Waals surface area (Å²) >= 11 is 0. The second kappa shape index (κ2) is 9.09. The largest absolute Gasteiger partial charge is 0.378 e. The summed E-state index contributed by atoms with van der Waals surface area (Å²) in [5.41, 5.74) is 0.174. The van der Waals surface area contributed by atoms with E-state index < -0.39 is 0 Å². The molecule has 0 saturated carbocycles. The average Bonchev–Trinajstić information content (AvgIpc) is 3.34.